The molecule has 0 saturated carbocycles. The van der Waals surface area contributed by atoms with Crippen molar-refractivity contribution in [3.05, 3.63) is 42.0 Å². The van der Waals surface area contributed by atoms with Gasteiger partial charge >= 0.3 is 0 Å². The van der Waals surface area contributed by atoms with Gasteiger partial charge in [-0.25, -0.2) is 0 Å². The maximum Gasteiger partial charge on any atom is -0.0260 e. The minimum atomic E-state index is 1.21. The SMILES string of the molecule is CCCCCC=Cc1ccccc1. The topological polar surface area (TPSA) is 0 Å². The zero-order valence-electron chi connectivity index (χ0n) is 8.37. The number of allylic oxidation sites excluding steroid dienone is 1. The number of hydrogen-bond acceptors (Lipinski definition) is 0. The molecule has 0 aliphatic carbocycles. The summed E-state index contributed by atoms with van der Waals surface area (Å²) in [7, 11) is 0. The molecule has 0 atom stereocenters. The van der Waals surface area contributed by atoms with Gasteiger partial charge in [0.15, 0.2) is 0 Å². The van der Waals surface area contributed by atoms with Crippen molar-refractivity contribution < 1.29 is 0 Å². The van der Waals surface area contributed by atoms with E-state index in [9.17, 15) is 0 Å². The van der Waals surface area contributed by atoms with Crippen molar-refractivity contribution in [2.45, 2.75) is 32.6 Å². The quantitative estimate of drug-likeness (QED) is 0.584. The predicted octanol–water partition coefficient (Wildman–Crippen LogP) is 4.28. The molecular formula is C13H18. The Morgan fingerprint density at radius 2 is 1.85 bits per heavy atom. The van der Waals surface area contributed by atoms with Crippen LogP contribution in [-0.4, -0.2) is 0 Å². The lowest BCUT2D eigenvalue weighted by atomic mass is 10.1. The van der Waals surface area contributed by atoms with Crippen LogP contribution in [-0.2, 0) is 0 Å². The van der Waals surface area contributed by atoms with Crippen molar-refractivity contribution in [2.24, 2.45) is 0 Å². The van der Waals surface area contributed by atoms with E-state index >= 15 is 0 Å². The van der Waals surface area contributed by atoms with Crippen molar-refractivity contribution >= 4 is 6.08 Å². The molecule has 0 unspecified atom stereocenters. The van der Waals surface area contributed by atoms with E-state index in [0.29, 0.717) is 0 Å². The van der Waals surface area contributed by atoms with Crippen molar-refractivity contribution in [2.75, 3.05) is 0 Å². The number of benzene rings is 1. The molecule has 0 heterocycles. The van der Waals surface area contributed by atoms with Gasteiger partial charge in [0.1, 0.15) is 0 Å². The zero-order valence-corrected chi connectivity index (χ0v) is 8.37. The highest BCUT2D eigenvalue weighted by Gasteiger charge is 1.83. The van der Waals surface area contributed by atoms with Gasteiger partial charge in [0.05, 0.1) is 0 Å². The van der Waals surface area contributed by atoms with Crippen molar-refractivity contribution in [1.29, 1.82) is 0 Å². The molecule has 1 aromatic carbocycles. The first kappa shape index (κ1) is 10.0. The average Bonchev–Trinajstić information content (AvgIpc) is 2.19. The zero-order chi connectivity index (χ0) is 9.36. The van der Waals surface area contributed by atoms with Gasteiger partial charge in [0.25, 0.3) is 0 Å². The first-order valence-corrected chi connectivity index (χ1v) is 5.15. The van der Waals surface area contributed by atoms with Gasteiger partial charge in [0.2, 0.25) is 0 Å². The Morgan fingerprint density at radius 3 is 2.54 bits per heavy atom. The second kappa shape index (κ2) is 6.47. The molecule has 1 rings (SSSR count). The summed E-state index contributed by atoms with van der Waals surface area (Å²) in [4.78, 5) is 0. The third kappa shape index (κ3) is 4.51. The second-order valence-electron chi connectivity index (χ2n) is 3.31. The third-order valence-electron chi connectivity index (χ3n) is 2.08. The lowest BCUT2D eigenvalue weighted by molar-refractivity contribution is 0.730. The molecule has 0 radical (unpaired) electrons. The van der Waals surface area contributed by atoms with E-state index in [-0.39, 0.29) is 0 Å². The highest BCUT2D eigenvalue weighted by atomic mass is 13.9. The molecular weight excluding hydrogens is 156 g/mol. The fraction of sp³-hybridized carbons (Fsp3) is 0.385. The van der Waals surface area contributed by atoms with Gasteiger partial charge in [-0.2, -0.15) is 0 Å². The summed E-state index contributed by atoms with van der Waals surface area (Å²) in [6.45, 7) is 2.24. The maximum atomic E-state index is 2.27. The molecule has 0 N–H and O–H groups in total. The Bertz CT molecular complexity index is 233. The summed E-state index contributed by atoms with van der Waals surface area (Å²) >= 11 is 0. The lowest BCUT2D eigenvalue weighted by Gasteiger charge is -1.92. The van der Waals surface area contributed by atoms with Gasteiger partial charge in [-0.1, -0.05) is 62.2 Å². The van der Waals surface area contributed by atoms with Crippen molar-refractivity contribution in [3.8, 4) is 0 Å². The molecule has 0 saturated heterocycles. The Morgan fingerprint density at radius 1 is 1.08 bits per heavy atom. The monoisotopic (exact) mass is 174 g/mol. The Balaban J connectivity index is 2.25. The smallest absolute Gasteiger partial charge is 0.0260 e. The van der Waals surface area contributed by atoms with Gasteiger partial charge in [-0.3, -0.25) is 0 Å². The van der Waals surface area contributed by atoms with Crippen molar-refractivity contribution in [3.63, 3.8) is 0 Å². The maximum absolute atomic E-state index is 2.27. The normalized spacial score (nSPS) is 10.8. The van der Waals surface area contributed by atoms with Crippen LogP contribution in [0, 0.1) is 0 Å². The van der Waals surface area contributed by atoms with Gasteiger partial charge in [0, 0.05) is 0 Å². The molecule has 0 nitrogen and oxygen atoms in total. The molecule has 0 bridgehead atoms. The van der Waals surface area contributed by atoms with Crippen LogP contribution in [0.15, 0.2) is 36.4 Å². The number of rotatable bonds is 5. The highest BCUT2D eigenvalue weighted by molar-refractivity contribution is 5.48. The molecule has 0 spiro atoms. The molecule has 70 valence electrons. The minimum Gasteiger partial charge on any atom is -0.0839 e. The first-order chi connectivity index (χ1) is 6.43. The van der Waals surface area contributed by atoms with Crippen LogP contribution in [0.4, 0.5) is 0 Å². The summed E-state index contributed by atoms with van der Waals surface area (Å²) in [5.74, 6) is 0. The summed E-state index contributed by atoms with van der Waals surface area (Å²) in [6, 6.07) is 10.5. The molecule has 0 heteroatoms. The van der Waals surface area contributed by atoms with E-state index in [2.05, 4.69) is 49.4 Å². The van der Waals surface area contributed by atoms with E-state index in [4.69, 9.17) is 0 Å². The van der Waals surface area contributed by atoms with Gasteiger partial charge < -0.3 is 0 Å². The Hall–Kier alpha value is -1.04. The molecule has 0 aliphatic rings. The average molecular weight is 174 g/mol. The first-order valence-electron chi connectivity index (χ1n) is 5.15. The largest absolute Gasteiger partial charge is 0.0839 e. The number of unbranched alkanes of at least 4 members (excludes halogenated alkanes) is 3. The van der Waals surface area contributed by atoms with E-state index in [1.807, 2.05) is 0 Å². The molecule has 0 aliphatic heterocycles. The fourth-order valence-corrected chi connectivity index (χ4v) is 1.30. The van der Waals surface area contributed by atoms with Crippen LogP contribution in [0.2, 0.25) is 0 Å². The van der Waals surface area contributed by atoms with Crippen LogP contribution in [0.5, 0.6) is 0 Å². The van der Waals surface area contributed by atoms with Crippen LogP contribution in [0.25, 0.3) is 6.08 Å². The van der Waals surface area contributed by atoms with Gasteiger partial charge in [-0.05, 0) is 18.4 Å². The Kier molecular flexibility index (Phi) is 5.00. The summed E-state index contributed by atoms with van der Waals surface area (Å²) < 4.78 is 0. The van der Waals surface area contributed by atoms with Crippen LogP contribution >= 0.6 is 0 Å². The molecule has 0 amide bonds. The molecule has 0 aromatic heterocycles. The van der Waals surface area contributed by atoms with Crippen molar-refractivity contribution in [1.82, 2.24) is 0 Å². The Labute approximate surface area is 81.3 Å². The third-order valence-corrected chi connectivity index (χ3v) is 2.08. The highest BCUT2D eigenvalue weighted by Crippen LogP contribution is 2.04. The van der Waals surface area contributed by atoms with Gasteiger partial charge in [-0.15, -0.1) is 0 Å². The van der Waals surface area contributed by atoms with Crippen LogP contribution < -0.4 is 0 Å². The standard InChI is InChI=1S/C13H18/c1-2-3-4-5-7-10-13-11-8-6-9-12-13/h6-12H,2-5H2,1H3. The summed E-state index contributed by atoms with van der Waals surface area (Å²) in [5, 5.41) is 0. The lowest BCUT2D eigenvalue weighted by Crippen LogP contribution is -1.72. The summed E-state index contributed by atoms with van der Waals surface area (Å²) in [6.07, 6.45) is 9.65. The molecule has 13 heavy (non-hydrogen) atoms. The fourth-order valence-electron chi connectivity index (χ4n) is 1.30. The molecule has 1 aromatic rings. The van der Waals surface area contributed by atoms with E-state index < -0.39 is 0 Å². The summed E-state index contributed by atoms with van der Waals surface area (Å²) in [5.41, 5.74) is 1.30. The van der Waals surface area contributed by atoms with E-state index in [0.717, 1.165) is 0 Å². The van der Waals surface area contributed by atoms with Crippen LogP contribution in [0.3, 0.4) is 0 Å². The van der Waals surface area contributed by atoms with E-state index in [1.54, 1.807) is 0 Å². The number of hydrogen-bond donors (Lipinski definition) is 0. The minimum absolute atomic E-state index is 1.21. The van der Waals surface area contributed by atoms with Crippen LogP contribution in [0.1, 0.15) is 38.2 Å². The van der Waals surface area contributed by atoms with E-state index in [1.165, 1.54) is 31.2 Å². The molecule has 0 fully saturated rings. The second-order valence-corrected chi connectivity index (χ2v) is 3.31. The predicted molar refractivity (Wildman–Crippen MR) is 59.6 cm³/mol.